The minimum Gasteiger partial charge on any atom is -0.306 e. The predicted molar refractivity (Wildman–Crippen MR) is 118 cm³/mol. The Morgan fingerprint density at radius 3 is 2.40 bits per heavy atom. The van der Waals surface area contributed by atoms with Gasteiger partial charge in [0.1, 0.15) is 0 Å². The van der Waals surface area contributed by atoms with Crippen molar-refractivity contribution in [1.29, 1.82) is 0 Å². The molecule has 152 valence electrons. The Balaban J connectivity index is 1.72. The molecule has 0 bridgehead atoms. The van der Waals surface area contributed by atoms with Gasteiger partial charge in [-0.1, -0.05) is 60.2 Å². The number of anilines is 1. The van der Waals surface area contributed by atoms with Gasteiger partial charge in [0.05, 0.1) is 12.8 Å². The monoisotopic (exact) mass is 402 g/mol. The molecule has 4 rings (SSSR count). The lowest BCUT2D eigenvalue weighted by Gasteiger charge is -2.08. The molecule has 30 heavy (non-hydrogen) atoms. The van der Waals surface area contributed by atoms with E-state index in [0.29, 0.717) is 17.1 Å². The van der Waals surface area contributed by atoms with E-state index in [1.54, 1.807) is 24.9 Å². The van der Waals surface area contributed by atoms with Crippen LogP contribution in [-0.4, -0.2) is 24.9 Å². The van der Waals surface area contributed by atoms with E-state index in [9.17, 15) is 9.59 Å². The van der Waals surface area contributed by atoms with Crippen LogP contribution in [0.1, 0.15) is 16.7 Å². The minimum atomic E-state index is -0.413. The molecule has 0 fully saturated rings. The highest BCUT2D eigenvalue weighted by Crippen LogP contribution is 2.13. The third-order valence-corrected chi connectivity index (χ3v) is 5.00. The Kier molecular flexibility index (Phi) is 5.05. The summed E-state index contributed by atoms with van der Waals surface area (Å²) in [6, 6.07) is 17.3. The molecule has 4 aromatic rings. The van der Waals surface area contributed by atoms with Crippen LogP contribution < -0.4 is 16.7 Å². The fourth-order valence-electron chi connectivity index (χ4n) is 3.27. The molecular formula is C22H22N6O2. The highest BCUT2D eigenvalue weighted by molar-refractivity contribution is 5.80. The normalized spacial score (nSPS) is 11.4. The summed E-state index contributed by atoms with van der Waals surface area (Å²) in [4.78, 5) is 30.3. The number of hydrogen-bond donors (Lipinski definition) is 1. The second-order valence-electron chi connectivity index (χ2n) is 7.17. The van der Waals surface area contributed by atoms with Gasteiger partial charge in [0.15, 0.2) is 11.2 Å². The maximum absolute atomic E-state index is 13.1. The molecule has 0 radical (unpaired) electrons. The molecule has 2 aromatic carbocycles. The molecule has 8 nitrogen and oxygen atoms in total. The Bertz CT molecular complexity index is 1350. The number of benzene rings is 2. The molecule has 0 aliphatic carbocycles. The number of hydrazone groups is 1. The van der Waals surface area contributed by atoms with Crippen LogP contribution in [0.3, 0.4) is 0 Å². The molecule has 2 heterocycles. The third kappa shape index (κ3) is 3.55. The standard InChI is InChI=1S/C22H22N6O2/c1-15-9-11-16(12-10-15)13-23-25-21-24-19-18(26(21)2)20(29)28(22(30)27(19)3)14-17-7-5-4-6-8-17/h4-13H,14H2,1-3H3,(H,24,25). The molecule has 0 saturated heterocycles. The summed E-state index contributed by atoms with van der Waals surface area (Å²) in [6.45, 7) is 2.22. The summed E-state index contributed by atoms with van der Waals surface area (Å²) in [6.07, 6.45) is 1.67. The van der Waals surface area contributed by atoms with Crippen molar-refractivity contribution in [3.8, 4) is 0 Å². The van der Waals surface area contributed by atoms with Crippen LogP contribution in [0.25, 0.3) is 11.2 Å². The Hall–Kier alpha value is -3.94. The van der Waals surface area contributed by atoms with Crippen LogP contribution in [0.4, 0.5) is 5.95 Å². The van der Waals surface area contributed by atoms with Gasteiger partial charge < -0.3 is 4.57 Å². The van der Waals surface area contributed by atoms with Crippen molar-refractivity contribution in [3.63, 3.8) is 0 Å². The second kappa shape index (κ2) is 7.82. The van der Waals surface area contributed by atoms with E-state index in [0.717, 1.165) is 11.1 Å². The zero-order valence-electron chi connectivity index (χ0n) is 17.0. The van der Waals surface area contributed by atoms with Crippen molar-refractivity contribution in [2.45, 2.75) is 13.5 Å². The quantitative estimate of drug-likeness (QED) is 0.410. The van der Waals surface area contributed by atoms with Crippen molar-refractivity contribution >= 4 is 23.3 Å². The summed E-state index contributed by atoms with van der Waals surface area (Å²) in [7, 11) is 3.33. The Morgan fingerprint density at radius 1 is 1.00 bits per heavy atom. The van der Waals surface area contributed by atoms with Crippen molar-refractivity contribution in [2.24, 2.45) is 19.2 Å². The minimum absolute atomic E-state index is 0.196. The molecule has 0 aliphatic heterocycles. The van der Waals surface area contributed by atoms with Crippen molar-refractivity contribution in [3.05, 3.63) is 92.1 Å². The van der Waals surface area contributed by atoms with Crippen LogP contribution in [0.5, 0.6) is 0 Å². The summed E-state index contributed by atoms with van der Waals surface area (Å²) in [5.74, 6) is 0.373. The first-order valence-corrected chi connectivity index (χ1v) is 9.51. The zero-order valence-corrected chi connectivity index (χ0v) is 17.0. The van der Waals surface area contributed by atoms with Gasteiger partial charge in [0.25, 0.3) is 5.56 Å². The summed E-state index contributed by atoms with van der Waals surface area (Å²) in [5.41, 5.74) is 5.69. The van der Waals surface area contributed by atoms with Crippen LogP contribution in [0.15, 0.2) is 69.3 Å². The molecule has 0 atom stereocenters. The first kappa shape index (κ1) is 19.4. The number of hydrogen-bond acceptors (Lipinski definition) is 5. The van der Waals surface area contributed by atoms with E-state index < -0.39 is 5.69 Å². The maximum atomic E-state index is 13.1. The molecule has 1 N–H and O–H groups in total. The first-order chi connectivity index (χ1) is 14.5. The molecule has 0 saturated carbocycles. The first-order valence-electron chi connectivity index (χ1n) is 9.51. The molecule has 8 heteroatoms. The van der Waals surface area contributed by atoms with Crippen LogP contribution in [0.2, 0.25) is 0 Å². The van der Waals surface area contributed by atoms with Gasteiger partial charge in [0.2, 0.25) is 5.95 Å². The van der Waals surface area contributed by atoms with E-state index in [2.05, 4.69) is 15.5 Å². The number of aryl methyl sites for hydroxylation is 3. The number of imidazole rings is 1. The highest BCUT2D eigenvalue weighted by Gasteiger charge is 2.18. The van der Waals surface area contributed by atoms with E-state index in [-0.39, 0.29) is 12.1 Å². The van der Waals surface area contributed by atoms with Gasteiger partial charge in [-0.3, -0.25) is 13.9 Å². The van der Waals surface area contributed by atoms with E-state index in [4.69, 9.17) is 0 Å². The van der Waals surface area contributed by atoms with E-state index in [1.165, 1.54) is 14.7 Å². The molecule has 0 amide bonds. The van der Waals surface area contributed by atoms with Gasteiger partial charge in [-0.25, -0.2) is 10.2 Å². The van der Waals surface area contributed by atoms with Gasteiger partial charge in [-0.15, -0.1) is 0 Å². The average Bonchev–Trinajstić information content (AvgIpc) is 3.08. The van der Waals surface area contributed by atoms with Gasteiger partial charge in [0, 0.05) is 14.1 Å². The average molecular weight is 402 g/mol. The van der Waals surface area contributed by atoms with Crippen LogP contribution in [-0.2, 0) is 20.6 Å². The molecule has 2 aromatic heterocycles. The number of rotatable bonds is 5. The van der Waals surface area contributed by atoms with Crippen molar-refractivity contribution in [1.82, 2.24) is 18.7 Å². The molecule has 0 spiro atoms. The summed E-state index contributed by atoms with van der Waals surface area (Å²) in [5, 5.41) is 4.21. The number of fused-ring (bicyclic) bond motifs is 1. The van der Waals surface area contributed by atoms with Crippen LogP contribution >= 0.6 is 0 Å². The van der Waals surface area contributed by atoms with Crippen LogP contribution in [0, 0.1) is 6.92 Å². The Labute approximate surface area is 172 Å². The summed E-state index contributed by atoms with van der Waals surface area (Å²) < 4.78 is 4.22. The molecule has 0 unspecified atom stereocenters. The maximum Gasteiger partial charge on any atom is 0.332 e. The predicted octanol–water partition coefficient (Wildman–Crippen LogP) is 2.24. The third-order valence-electron chi connectivity index (χ3n) is 5.00. The van der Waals surface area contributed by atoms with Gasteiger partial charge in [-0.05, 0) is 18.1 Å². The molecule has 0 aliphatic rings. The topological polar surface area (TPSA) is 86.2 Å². The summed E-state index contributed by atoms with van der Waals surface area (Å²) >= 11 is 0. The van der Waals surface area contributed by atoms with Crippen molar-refractivity contribution < 1.29 is 0 Å². The van der Waals surface area contributed by atoms with Gasteiger partial charge in [-0.2, -0.15) is 10.1 Å². The van der Waals surface area contributed by atoms with E-state index in [1.807, 2.05) is 61.5 Å². The lowest BCUT2D eigenvalue weighted by Crippen LogP contribution is -2.39. The second-order valence-corrected chi connectivity index (χ2v) is 7.17. The number of nitrogens with one attached hydrogen (secondary N) is 1. The SMILES string of the molecule is Cc1ccc(C=NNc2nc3c(c(=O)n(Cc4ccccc4)c(=O)n3C)n2C)cc1. The fraction of sp³-hybridized carbons (Fsp3) is 0.182. The largest absolute Gasteiger partial charge is 0.332 e. The number of aromatic nitrogens is 4. The Morgan fingerprint density at radius 2 is 1.70 bits per heavy atom. The lowest BCUT2D eigenvalue weighted by atomic mass is 10.2. The highest BCUT2D eigenvalue weighted by atomic mass is 16.2. The lowest BCUT2D eigenvalue weighted by molar-refractivity contribution is 0.655. The smallest absolute Gasteiger partial charge is 0.306 e. The fourth-order valence-corrected chi connectivity index (χ4v) is 3.27. The van der Waals surface area contributed by atoms with Gasteiger partial charge >= 0.3 is 5.69 Å². The zero-order chi connectivity index (χ0) is 21.3. The van der Waals surface area contributed by atoms with E-state index >= 15 is 0 Å². The number of nitrogens with zero attached hydrogens (tertiary/aromatic N) is 5. The molecular weight excluding hydrogens is 380 g/mol. The van der Waals surface area contributed by atoms with Crippen molar-refractivity contribution in [2.75, 3.05) is 5.43 Å².